The van der Waals surface area contributed by atoms with Crippen LogP contribution in [-0.4, -0.2) is 11.9 Å². The first kappa shape index (κ1) is 8.89. The Balaban J connectivity index is 2.08. The Labute approximate surface area is 87.8 Å². The van der Waals surface area contributed by atoms with Crippen molar-refractivity contribution in [3.63, 3.8) is 0 Å². The van der Waals surface area contributed by atoms with Gasteiger partial charge in [-0.3, -0.25) is 9.59 Å². The number of esters is 2. The number of carbonyl (C=O) groups excluding carboxylic acids is 2. The lowest BCUT2D eigenvalue weighted by Gasteiger charge is -2.28. The van der Waals surface area contributed by atoms with Crippen molar-refractivity contribution >= 4 is 11.9 Å². The summed E-state index contributed by atoms with van der Waals surface area (Å²) in [5.41, 5.74) is 2.58. The molecule has 3 unspecified atom stereocenters. The summed E-state index contributed by atoms with van der Waals surface area (Å²) in [7, 11) is 0. The van der Waals surface area contributed by atoms with Gasteiger partial charge in [0.2, 0.25) is 0 Å². The standard InChI is InChI=1S/C12H12O3/c1-6-5-9-10(12(14)15-11(9)13)8-4-2-3-7(6)8/h2,4,8-10H,3,5H2,1H3. The highest BCUT2D eigenvalue weighted by atomic mass is 16.6. The normalized spacial score (nSPS) is 38.1. The summed E-state index contributed by atoms with van der Waals surface area (Å²) in [6.07, 6.45) is 5.77. The first-order valence-electron chi connectivity index (χ1n) is 5.29. The SMILES string of the molecule is CC1=C2CC=CC2C2C(=O)OC(=O)C2C1. The van der Waals surface area contributed by atoms with E-state index in [0.29, 0.717) is 6.42 Å². The van der Waals surface area contributed by atoms with Crippen LogP contribution in [0.25, 0.3) is 0 Å². The van der Waals surface area contributed by atoms with Crippen molar-refractivity contribution in [2.75, 3.05) is 0 Å². The van der Waals surface area contributed by atoms with Gasteiger partial charge in [0.1, 0.15) is 0 Å². The maximum absolute atomic E-state index is 11.6. The number of allylic oxidation sites excluding steroid dienone is 4. The summed E-state index contributed by atoms with van der Waals surface area (Å²) in [6.45, 7) is 2.06. The van der Waals surface area contributed by atoms with E-state index < -0.39 is 0 Å². The van der Waals surface area contributed by atoms with Crippen molar-refractivity contribution in [3.8, 4) is 0 Å². The predicted octanol–water partition coefficient (Wildman–Crippen LogP) is 1.60. The third-order valence-electron chi connectivity index (χ3n) is 3.75. The molecule has 1 heterocycles. The summed E-state index contributed by atoms with van der Waals surface area (Å²) >= 11 is 0. The summed E-state index contributed by atoms with van der Waals surface area (Å²) in [6, 6.07) is 0. The van der Waals surface area contributed by atoms with Gasteiger partial charge in [-0.1, -0.05) is 23.3 Å². The molecule has 3 heteroatoms. The van der Waals surface area contributed by atoms with Crippen LogP contribution in [0.1, 0.15) is 19.8 Å². The minimum atomic E-state index is -0.330. The maximum Gasteiger partial charge on any atom is 0.318 e. The fraction of sp³-hybridized carbons (Fsp3) is 0.500. The Bertz CT molecular complexity index is 417. The van der Waals surface area contributed by atoms with Gasteiger partial charge in [-0.05, 0) is 19.8 Å². The van der Waals surface area contributed by atoms with E-state index in [1.807, 2.05) is 0 Å². The molecule has 1 aliphatic heterocycles. The van der Waals surface area contributed by atoms with E-state index in [1.165, 1.54) is 11.1 Å². The number of ether oxygens (including phenoxy) is 1. The third kappa shape index (κ3) is 1.06. The Morgan fingerprint density at radius 3 is 2.93 bits per heavy atom. The molecule has 0 aromatic carbocycles. The van der Waals surface area contributed by atoms with Gasteiger partial charge < -0.3 is 4.74 Å². The van der Waals surface area contributed by atoms with E-state index in [1.54, 1.807) is 0 Å². The topological polar surface area (TPSA) is 43.4 Å². The largest absolute Gasteiger partial charge is 0.393 e. The molecule has 3 atom stereocenters. The summed E-state index contributed by atoms with van der Waals surface area (Å²) in [4.78, 5) is 23.0. The Hall–Kier alpha value is -1.38. The molecule has 0 spiro atoms. The number of hydrogen-bond donors (Lipinski definition) is 0. The molecular formula is C12H12O3. The number of cyclic esters (lactones) is 2. The minimum Gasteiger partial charge on any atom is -0.393 e. The minimum absolute atomic E-state index is 0.127. The lowest BCUT2D eigenvalue weighted by molar-refractivity contribution is -0.153. The molecule has 0 aromatic rings. The van der Waals surface area contributed by atoms with Crippen LogP contribution in [0.15, 0.2) is 23.3 Å². The van der Waals surface area contributed by atoms with Crippen LogP contribution in [-0.2, 0) is 14.3 Å². The Kier molecular flexibility index (Phi) is 1.67. The highest BCUT2D eigenvalue weighted by Crippen LogP contribution is 2.47. The first-order chi connectivity index (χ1) is 7.18. The van der Waals surface area contributed by atoms with E-state index in [2.05, 4.69) is 19.1 Å². The van der Waals surface area contributed by atoms with Crippen molar-refractivity contribution in [3.05, 3.63) is 23.3 Å². The van der Waals surface area contributed by atoms with Gasteiger partial charge in [-0.15, -0.1) is 0 Å². The van der Waals surface area contributed by atoms with E-state index >= 15 is 0 Å². The molecule has 78 valence electrons. The van der Waals surface area contributed by atoms with Crippen LogP contribution in [0.4, 0.5) is 0 Å². The first-order valence-corrected chi connectivity index (χ1v) is 5.29. The summed E-state index contributed by atoms with van der Waals surface area (Å²) in [5, 5.41) is 0. The zero-order chi connectivity index (χ0) is 10.6. The van der Waals surface area contributed by atoms with Gasteiger partial charge in [0.15, 0.2) is 0 Å². The van der Waals surface area contributed by atoms with Crippen molar-refractivity contribution in [1.82, 2.24) is 0 Å². The fourth-order valence-electron chi connectivity index (χ4n) is 3.01. The molecule has 2 aliphatic carbocycles. The average molecular weight is 204 g/mol. The van der Waals surface area contributed by atoms with Gasteiger partial charge in [0, 0.05) is 5.92 Å². The molecule has 0 radical (unpaired) electrons. The molecule has 3 nitrogen and oxygen atoms in total. The zero-order valence-corrected chi connectivity index (χ0v) is 8.53. The third-order valence-corrected chi connectivity index (χ3v) is 3.75. The van der Waals surface area contributed by atoms with Gasteiger partial charge in [-0.2, -0.15) is 0 Å². The monoisotopic (exact) mass is 204 g/mol. The van der Waals surface area contributed by atoms with E-state index in [0.717, 1.165) is 6.42 Å². The Morgan fingerprint density at radius 2 is 2.13 bits per heavy atom. The van der Waals surface area contributed by atoms with Crippen molar-refractivity contribution in [2.45, 2.75) is 19.8 Å². The lowest BCUT2D eigenvalue weighted by Crippen LogP contribution is -2.30. The second kappa shape index (κ2) is 2.81. The molecule has 1 fully saturated rings. The van der Waals surface area contributed by atoms with Crippen LogP contribution in [0.3, 0.4) is 0 Å². The second-order valence-corrected chi connectivity index (χ2v) is 4.54. The molecule has 1 saturated heterocycles. The van der Waals surface area contributed by atoms with Crippen LogP contribution < -0.4 is 0 Å². The van der Waals surface area contributed by atoms with E-state index in [4.69, 9.17) is 4.74 Å². The molecule has 0 aromatic heterocycles. The van der Waals surface area contributed by atoms with Gasteiger partial charge in [-0.25, -0.2) is 0 Å². The predicted molar refractivity (Wildman–Crippen MR) is 52.6 cm³/mol. The number of rotatable bonds is 0. The molecular weight excluding hydrogens is 192 g/mol. The molecule has 0 bridgehead atoms. The average Bonchev–Trinajstić information content (AvgIpc) is 2.73. The number of hydrogen-bond acceptors (Lipinski definition) is 3. The number of carbonyl (C=O) groups is 2. The summed E-state index contributed by atoms with van der Waals surface area (Å²) < 4.78 is 4.73. The van der Waals surface area contributed by atoms with Gasteiger partial charge in [0.25, 0.3) is 0 Å². The van der Waals surface area contributed by atoms with E-state index in [-0.39, 0.29) is 29.7 Å². The highest BCUT2D eigenvalue weighted by Gasteiger charge is 2.51. The van der Waals surface area contributed by atoms with Crippen LogP contribution in [0.5, 0.6) is 0 Å². The van der Waals surface area contributed by atoms with Crippen LogP contribution in [0.2, 0.25) is 0 Å². The maximum atomic E-state index is 11.6. The van der Waals surface area contributed by atoms with Crippen molar-refractivity contribution < 1.29 is 14.3 Å². The summed E-state index contributed by atoms with van der Waals surface area (Å²) in [5.74, 6) is -0.998. The lowest BCUT2D eigenvalue weighted by atomic mass is 9.71. The fourth-order valence-corrected chi connectivity index (χ4v) is 3.01. The molecule has 3 aliphatic rings. The van der Waals surface area contributed by atoms with Gasteiger partial charge in [0.05, 0.1) is 11.8 Å². The van der Waals surface area contributed by atoms with E-state index in [9.17, 15) is 9.59 Å². The molecule has 0 saturated carbocycles. The van der Waals surface area contributed by atoms with Crippen LogP contribution in [0, 0.1) is 17.8 Å². The smallest absolute Gasteiger partial charge is 0.318 e. The van der Waals surface area contributed by atoms with Gasteiger partial charge >= 0.3 is 11.9 Å². The highest BCUT2D eigenvalue weighted by molar-refractivity contribution is 5.97. The molecule has 0 amide bonds. The van der Waals surface area contributed by atoms with Crippen molar-refractivity contribution in [1.29, 1.82) is 0 Å². The second-order valence-electron chi connectivity index (χ2n) is 4.54. The van der Waals surface area contributed by atoms with Crippen LogP contribution >= 0.6 is 0 Å². The molecule has 0 N–H and O–H groups in total. The molecule has 15 heavy (non-hydrogen) atoms. The quantitative estimate of drug-likeness (QED) is 0.342. The number of fused-ring (bicyclic) bond motifs is 3. The Morgan fingerprint density at radius 1 is 1.33 bits per heavy atom. The van der Waals surface area contributed by atoms with Crippen molar-refractivity contribution in [2.24, 2.45) is 17.8 Å². The molecule has 3 rings (SSSR count). The zero-order valence-electron chi connectivity index (χ0n) is 8.53.